The molecule has 1 N–H and O–H groups in total. The first-order valence-corrected chi connectivity index (χ1v) is 8.97. The predicted molar refractivity (Wildman–Crippen MR) is 77.0 cm³/mol. The molecular formula is C14H29KO4S. The Hall–Kier alpha value is 1.51. The summed E-state index contributed by atoms with van der Waals surface area (Å²) in [7, 11) is -4.17. The van der Waals surface area contributed by atoms with Gasteiger partial charge in [0.15, 0.2) is 0 Å². The summed E-state index contributed by atoms with van der Waals surface area (Å²) >= 11 is 0. The van der Waals surface area contributed by atoms with Gasteiger partial charge in [0, 0.05) is 5.25 Å². The van der Waals surface area contributed by atoms with E-state index in [1.807, 2.05) is 0 Å². The second kappa shape index (κ2) is 14.1. The Morgan fingerprint density at radius 1 is 0.950 bits per heavy atom. The third kappa shape index (κ3) is 14.4. The molecule has 0 spiro atoms. The number of aliphatic hydroxyl groups is 1. The van der Waals surface area contributed by atoms with Crippen LogP contribution >= 0.6 is 0 Å². The van der Waals surface area contributed by atoms with Crippen LogP contribution in [0.2, 0.25) is 0 Å². The minimum atomic E-state index is -4.17. The number of unbranched alkanes of at least 4 members (excludes halogenated alkanes) is 5. The monoisotopic (exact) mass is 332 g/mol. The van der Waals surface area contributed by atoms with Crippen LogP contribution in [0.5, 0.6) is 0 Å². The number of rotatable bonds is 12. The molecule has 0 aliphatic carbocycles. The van der Waals surface area contributed by atoms with Crippen LogP contribution in [0.1, 0.15) is 78.1 Å². The largest absolute Gasteiger partial charge is 1.00 e. The third-order valence-corrected chi connectivity index (χ3v) is 4.72. The molecule has 0 amide bonds. The fraction of sp³-hybridized carbons (Fsp3) is 1.00. The molecule has 0 rings (SSSR count). The van der Waals surface area contributed by atoms with Gasteiger partial charge >= 0.3 is 51.4 Å². The van der Waals surface area contributed by atoms with Crippen molar-refractivity contribution in [2.24, 2.45) is 0 Å². The van der Waals surface area contributed by atoms with Gasteiger partial charge in [0.2, 0.25) is 0 Å². The van der Waals surface area contributed by atoms with Crippen LogP contribution in [0.4, 0.5) is 0 Å². The summed E-state index contributed by atoms with van der Waals surface area (Å²) in [6, 6.07) is 0. The van der Waals surface area contributed by atoms with Crippen molar-refractivity contribution in [3.8, 4) is 0 Å². The Kier molecular flexibility index (Phi) is 16.8. The molecule has 0 heterocycles. The average Bonchev–Trinajstić information content (AvgIpc) is 2.29. The minimum Gasteiger partial charge on any atom is -0.748 e. The van der Waals surface area contributed by atoms with E-state index in [9.17, 15) is 13.0 Å². The van der Waals surface area contributed by atoms with Crippen LogP contribution in [-0.2, 0) is 10.1 Å². The molecule has 0 saturated heterocycles. The van der Waals surface area contributed by atoms with Crippen molar-refractivity contribution in [2.45, 2.75) is 89.4 Å². The molecule has 0 fully saturated rings. The van der Waals surface area contributed by atoms with Gasteiger partial charge in [0.1, 0.15) is 0 Å². The first-order chi connectivity index (χ1) is 8.88. The Labute approximate surface area is 167 Å². The van der Waals surface area contributed by atoms with E-state index >= 15 is 0 Å². The van der Waals surface area contributed by atoms with Crippen LogP contribution in [0.15, 0.2) is 0 Å². The van der Waals surface area contributed by atoms with Crippen LogP contribution in [0, 0.1) is 0 Å². The Bertz CT molecular complexity index is 304. The number of hydrogen-bond acceptors (Lipinski definition) is 4. The van der Waals surface area contributed by atoms with Crippen molar-refractivity contribution in [1.82, 2.24) is 0 Å². The quantitative estimate of drug-likeness (QED) is 0.315. The summed E-state index contributed by atoms with van der Waals surface area (Å²) in [6.07, 6.45) is 7.99. The van der Waals surface area contributed by atoms with Crippen molar-refractivity contribution >= 4 is 10.1 Å². The molecule has 0 aromatic heterocycles. The zero-order chi connectivity index (χ0) is 14.7. The van der Waals surface area contributed by atoms with Gasteiger partial charge in [-0.25, -0.2) is 8.42 Å². The van der Waals surface area contributed by atoms with Gasteiger partial charge in [0.05, 0.1) is 16.2 Å². The minimum absolute atomic E-state index is 0. The smallest absolute Gasteiger partial charge is 0.748 e. The fourth-order valence-electron chi connectivity index (χ4n) is 2.22. The molecule has 116 valence electrons. The fourth-order valence-corrected chi connectivity index (χ4v) is 3.13. The SMILES string of the molecule is CCCCCCCC(CCCCC(C)O)S(=O)(=O)[O-].[K+]. The van der Waals surface area contributed by atoms with Crippen LogP contribution in [0.3, 0.4) is 0 Å². The second-order valence-electron chi connectivity index (χ2n) is 5.45. The summed E-state index contributed by atoms with van der Waals surface area (Å²) < 4.78 is 33.5. The molecule has 2 unspecified atom stereocenters. The summed E-state index contributed by atoms with van der Waals surface area (Å²) in [5.41, 5.74) is 0. The molecule has 6 heteroatoms. The molecule has 0 aliphatic heterocycles. The molecule has 0 saturated carbocycles. The van der Waals surface area contributed by atoms with Gasteiger partial charge in [-0.3, -0.25) is 0 Å². The maximum atomic E-state index is 11.2. The van der Waals surface area contributed by atoms with Gasteiger partial charge < -0.3 is 9.66 Å². The summed E-state index contributed by atoms with van der Waals surface area (Å²) in [6.45, 7) is 3.85. The topological polar surface area (TPSA) is 77.4 Å². The van der Waals surface area contributed by atoms with Crippen molar-refractivity contribution in [3.05, 3.63) is 0 Å². The zero-order valence-electron chi connectivity index (χ0n) is 13.3. The van der Waals surface area contributed by atoms with Gasteiger partial charge in [-0.2, -0.15) is 0 Å². The van der Waals surface area contributed by atoms with Gasteiger partial charge in [0.25, 0.3) is 0 Å². The van der Waals surface area contributed by atoms with Crippen LogP contribution < -0.4 is 51.4 Å². The van der Waals surface area contributed by atoms with Crippen LogP contribution in [-0.4, -0.2) is 29.4 Å². The van der Waals surface area contributed by atoms with E-state index in [4.69, 9.17) is 5.11 Å². The Balaban J connectivity index is 0. The van der Waals surface area contributed by atoms with Crippen molar-refractivity contribution in [3.63, 3.8) is 0 Å². The molecule has 20 heavy (non-hydrogen) atoms. The van der Waals surface area contributed by atoms with E-state index in [0.29, 0.717) is 25.7 Å². The first kappa shape index (κ1) is 23.8. The van der Waals surface area contributed by atoms with Crippen LogP contribution in [0.25, 0.3) is 0 Å². The molecular weight excluding hydrogens is 303 g/mol. The van der Waals surface area contributed by atoms with Gasteiger partial charge in [-0.05, 0) is 26.2 Å². The van der Waals surface area contributed by atoms with Crippen molar-refractivity contribution in [2.75, 3.05) is 0 Å². The van der Waals surface area contributed by atoms with E-state index in [2.05, 4.69) is 6.92 Å². The normalized spacial score (nSPS) is 14.6. The maximum Gasteiger partial charge on any atom is 1.00 e. The van der Waals surface area contributed by atoms with E-state index in [1.54, 1.807) is 6.92 Å². The summed E-state index contributed by atoms with van der Waals surface area (Å²) in [4.78, 5) is 0. The van der Waals surface area contributed by atoms with E-state index in [-0.39, 0.29) is 57.5 Å². The molecule has 0 bridgehead atoms. The molecule has 0 aliphatic rings. The average molecular weight is 333 g/mol. The number of hydrogen-bond donors (Lipinski definition) is 1. The molecule has 2 atom stereocenters. The predicted octanol–water partition coefficient (Wildman–Crippen LogP) is 0.206. The van der Waals surface area contributed by atoms with E-state index in [0.717, 1.165) is 32.1 Å². The first-order valence-electron chi connectivity index (χ1n) is 7.50. The Morgan fingerprint density at radius 2 is 1.40 bits per heavy atom. The summed E-state index contributed by atoms with van der Waals surface area (Å²) in [5.74, 6) is 0. The third-order valence-electron chi connectivity index (χ3n) is 3.44. The van der Waals surface area contributed by atoms with Gasteiger partial charge in [-0.1, -0.05) is 51.9 Å². The standard InChI is InChI=1S/C14H30O4S.K/c1-3-4-5-6-7-11-14(19(16,17)18)12-9-8-10-13(2)15;/h13-15H,3-12H2,1-2H3,(H,16,17,18);/q;+1/p-1. The van der Waals surface area contributed by atoms with Crippen molar-refractivity contribution < 1.29 is 69.5 Å². The van der Waals surface area contributed by atoms with Crippen molar-refractivity contribution in [1.29, 1.82) is 0 Å². The molecule has 0 aromatic rings. The second-order valence-corrected chi connectivity index (χ2v) is 7.10. The number of aliphatic hydroxyl groups excluding tert-OH is 1. The van der Waals surface area contributed by atoms with Gasteiger partial charge in [-0.15, -0.1) is 0 Å². The summed E-state index contributed by atoms with van der Waals surface area (Å²) in [5, 5.41) is 8.39. The van der Waals surface area contributed by atoms with E-state index in [1.165, 1.54) is 6.42 Å². The Morgan fingerprint density at radius 3 is 1.85 bits per heavy atom. The molecule has 4 nitrogen and oxygen atoms in total. The van der Waals surface area contributed by atoms with E-state index < -0.39 is 15.4 Å². The zero-order valence-corrected chi connectivity index (χ0v) is 17.2. The molecule has 0 aromatic carbocycles. The molecule has 0 radical (unpaired) electrons. The maximum absolute atomic E-state index is 11.2.